The first kappa shape index (κ1) is 16.5. The van der Waals surface area contributed by atoms with Gasteiger partial charge in [0.1, 0.15) is 11.4 Å². The fraction of sp³-hybridized carbons (Fsp3) is 0.533. The molecule has 0 aromatic heterocycles. The lowest BCUT2D eigenvalue weighted by Gasteiger charge is -2.24. The van der Waals surface area contributed by atoms with Crippen molar-refractivity contribution in [2.24, 2.45) is 0 Å². The minimum Gasteiger partial charge on any atom is -0.508 e. The molecule has 1 heterocycles. The van der Waals surface area contributed by atoms with Crippen molar-refractivity contribution in [2.45, 2.75) is 32.4 Å². The zero-order chi connectivity index (χ0) is 15.0. The molecule has 0 saturated carbocycles. The molecule has 0 amide bonds. The molecule has 1 unspecified atom stereocenters. The molecule has 1 aromatic rings. The molecule has 0 bridgehead atoms. The third-order valence-corrected chi connectivity index (χ3v) is 2.72. The summed E-state index contributed by atoms with van der Waals surface area (Å²) in [7, 11) is 0. The van der Waals surface area contributed by atoms with Gasteiger partial charge in [0.2, 0.25) is 0 Å². The van der Waals surface area contributed by atoms with Crippen LogP contribution < -0.4 is 10.6 Å². The third-order valence-electron chi connectivity index (χ3n) is 2.72. The number of rotatable bonds is 2. The van der Waals surface area contributed by atoms with Gasteiger partial charge in [-0.25, -0.2) is 0 Å². The van der Waals surface area contributed by atoms with Crippen molar-refractivity contribution < 1.29 is 14.6 Å². The van der Waals surface area contributed by atoms with Crippen LogP contribution in [0, 0.1) is 0 Å². The zero-order valence-electron chi connectivity index (χ0n) is 12.3. The van der Waals surface area contributed by atoms with E-state index < -0.39 is 0 Å². The molecule has 5 heteroatoms. The molecule has 112 valence electrons. The largest absolute Gasteiger partial charge is 0.508 e. The molecule has 3 N–H and O–H groups in total. The summed E-state index contributed by atoms with van der Waals surface area (Å²) in [5, 5.41) is 16.0. The second-order valence-electron chi connectivity index (χ2n) is 5.63. The fourth-order valence-corrected chi connectivity index (χ4v) is 1.77. The van der Waals surface area contributed by atoms with Crippen LogP contribution in [-0.4, -0.2) is 36.8 Å². The predicted molar refractivity (Wildman–Crippen MR) is 78.6 cm³/mol. The number of piperazine rings is 1. The van der Waals surface area contributed by atoms with E-state index in [1.165, 1.54) is 0 Å². The lowest BCUT2D eigenvalue weighted by Crippen LogP contribution is -2.42. The highest BCUT2D eigenvalue weighted by molar-refractivity contribution is 5.37. The summed E-state index contributed by atoms with van der Waals surface area (Å²) in [6.07, 6.45) is 0. The van der Waals surface area contributed by atoms with Gasteiger partial charge in [0, 0.05) is 25.7 Å². The summed E-state index contributed by atoms with van der Waals surface area (Å²) in [5.74, 6) is 0.338. The highest BCUT2D eigenvalue weighted by Gasteiger charge is 2.13. The van der Waals surface area contributed by atoms with E-state index in [0.29, 0.717) is 18.3 Å². The second-order valence-corrected chi connectivity index (χ2v) is 5.63. The Morgan fingerprint density at radius 3 is 2.55 bits per heavy atom. The number of carbonyl (C=O) groups excluding carboxylic acids is 1. The van der Waals surface area contributed by atoms with Crippen LogP contribution in [0.3, 0.4) is 0 Å². The Hall–Kier alpha value is -1.59. The van der Waals surface area contributed by atoms with Crippen molar-refractivity contribution in [1.82, 2.24) is 10.6 Å². The number of hydrogen-bond acceptors (Lipinski definition) is 5. The normalized spacial score (nSPS) is 18.6. The van der Waals surface area contributed by atoms with Crippen molar-refractivity contribution in [1.29, 1.82) is 0 Å². The van der Waals surface area contributed by atoms with Gasteiger partial charge < -0.3 is 20.5 Å². The first-order valence-electron chi connectivity index (χ1n) is 6.77. The summed E-state index contributed by atoms with van der Waals surface area (Å²) in [4.78, 5) is 9.60. The second kappa shape index (κ2) is 7.87. The molecule has 1 aliphatic heterocycles. The Morgan fingerprint density at radius 1 is 1.35 bits per heavy atom. The molecular formula is C15H24N2O3. The number of aromatic hydroxyl groups is 1. The summed E-state index contributed by atoms with van der Waals surface area (Å²) in [6, 6.07) is 7.75. The molecule has 1 fully saturated rings. The zero-order valence-corrected chi connectivity index (χ0v) is 12.3. The first-order valence-corrected chi connectivity index (χ1v) is 6.77. The summed E-state index contributed by atoms with van der Waals surface area (Å²) >= 11 is 0. The van der Waals surface area contributed by atoms with Gasteiger partial charge in [-0.05, 0) is 38.5 Å². The van der Waals surface area contributed by atoms with E-state index in [-0.39, 0.29) is 5.60 Å². The van der Waals surface area contributed by atoms with Crippen LogP contribution in [0.4, 0.5) is 0 Å². The molecule has 1 aliphatic rings. The van der Waals surface area contributed by atoms with Gasteiger partial charge in [-0.15, -0.1) is 0 Å². The molecule has 1 atom stereocenters. The fourth-order valence-electron chi connectivity index (χ4n) is 1.77. The number of ether oxygens (including phenoxy) is 1. The van der Waals surface area contributed by atoms with Gasteiger partial charge >= 0.3 is 0 Å². The van der Waals surface area contributed by atoms with Crippen molar-refractivity contribution in [3.05, 3.63) is 29.8 Å². The Morgan fingerprint density at radius 2 is 2.10 bits per heavy atom. The molecule has 0 spiro atoms. The van der Waals surface area contributed by atoms with Crippen LogP contribution in [0.5, 0.6) is 5.75 Å². The van der Waals surface area contributed by atoms with Crippen LogP contribution in [0.25, 0.3) is 0 Å². The quantitative estimate of drug-likeness (QED) is 0.718. The van der Waals surface area contributed by atoms with Crippen LogP contribution >= 0.6 is 0 Å². The molecule has 0 aliphatic carbocycles. The van der Waals surface area contributed by atoms with Crippen LogP contribution in [0.2, 0.25) is 0 Å². The minimum absolute atomic E-state index is 0.318. The highest BCUT2D eigenvalue weighted by Crippen LogP contribution is 2.18. The maximum Gasteiger partial charge on any atom is 0.293 e. The smallest absolute Gasteiger partial charge is 0.293 e. The van der Waals surface area contributed by atoms with Gasteiger partial charge in [0.05, 0.1) is 0 Å². The van der Waals surface area contributed by atoms with Gasteiger partial charge in [-0.3, -0.25) is 4.79 Å². The maximum absolute atomic E-state index is 9.60. The Balaban J connectivity index is 0.000000246. The monoisotopic (exact) mass is 280 g/mol. The Labute approximate surface area is 120 Å². The van der Waals surface area contributed by atoms with Gasteiger partial charge in [0.15, 0.2) is 0 Å². The number of phenols is 1. The van der Waals surface area contributed by atoms with Crippen LogP contribution in [0.15, 0.2) is 24.3 Å². The van der Waals surface area contributed by atoms with Gasteiger partial charge in [0.25, 0.3) is 6.47 Å². The number of carbonyl (C=O) groups is 1. The number of phenolic OH excluding ortho intramolecular Hbond substituents is 1. The van der Waals surface area contributed by atoms with Crippen molar-refractivity contribution in [3.63, 3.8) is 0 Å². The van der Waals surface area contributed by atoms with Gasteiger partial charge in [-0.2, -0.15) is 0 Å². The van der Waals surface area contributed by atoms with Gasteiger partial charge in [-0.1, -0.05) is 12.1 Å². The molecule has 20 heavy (non-hydrogen) atoms. The predicted octanol–water partition coefficient (Wildman–Crippen LogP) is 1.58. The Kier molecular flexibility index (Phi) is 6.48. The molecule has 1 saturated heterocycles. The lowest BCUT2D eigenvalue weighted by atomic mass is 10.1. The lowest BCUT2D eigenvalue weighted by molar-refractivity contribution is -0.138. The number of benzene rings is 1. The average molecular weight is 280 g/mol. The number of hydrogen-bond donors (Lipinski definition) is 3. The summed E-state index contributed by atoms with van der Waals surface area (Å²) in [5.41, 5.74) is 0.828. The van der Waals surface area contributed by atoms with E-state index in [0.717, 1.165) is 25.2 Å². The maximum atomic E-state index is 9.60. The molecule has 5 nitrogen and oxygen atoms in total. The molecule has 0 radical (unpaired) electrons. The van der Waals surface area contributed by atoms with E-state index in [1.54, 1.807) is 6.07 Å². The van der Waals surface area contributed by atoms with Crippen molar-refractivity contribution >= 4 is 6.47 Å². The molecule has 1 aromatic carbocycles. The van der Waals surface area contributed by atoms with E-state index in [4.69, 9.17) is 0 Å². The first-order chi connectivity index (χ1) is 9.42. The van der Waals surface area contributed by atoms with Crippen molar-refractivity contribution in [2.75, 3.05) is 19.6 Å². The summed E-state index contributed by atoms with van der Waals surface area (Å²) in [6.45, 7) is 8.86. The minimum atomic E-state index is -0.318. The Bertz CT molecular complexity index is 410. The average Bonchev–Trinajstić information content (AvgIpc) is 2.39. The SMILES string of the molecule is CC(C)(C)OC=O.Oc1cccc(C2CNCCN2)c1. The van der Waals surface area contributed by atoms with Crippen LogP contribution in [0.1, 0.15) is 32.4 Å². The standard InChI is InChI=1S/C10H14N2O.C5H10O2/c13-9-3-1-2-8(6-9)10-7-11-4-5-12-10;1-5(2,3)7-4-6/h1-3,6,10-13H,4-5,7H2;4H,1-3H3. The number of nitrogens with one attached hydrogen (secondary N) is 2. The van der Waals surface area contributed by atoms with Crippen LogP contribution in [-0.2, 0) is 9.53 Å². The highest BCUT2D eigenvalue weighted by atomic mass is 16.5. The third kappa shape index (κ3) is 6.54. The molecule has 2 rings (SSSR count). The van der Waals surface area contributed by atoms with E-state index in [2.05, 4.69) is 15.4 Å². The van der Waals surface area contributed by atoms with E-state index in [1.807, 2.05) is 39.0 Å². The van der Waals surface area contributed by atoms with E-state index >= 15 is 0 Å². The van der Waals surface area contributed by atoms with Crippen molar-refractivity contribution in [3.8, 4) is 5.75 Å². The topological polar surface area (TPSA) is 70.6 Å². The van der Waals surface area contributed by atoms with E-state index in [9.17, 15) is 9.90 Å². The molecular weight excluding hydrogens is 256 g/mol. The summed E-state index contributed by atoms with van der Waals surface area (Å²) < 4.78 is 4.55.